The fourth-order valence-electron chi connectivity index (χ4n) is 1.72. The zero-order chi connectivity index (χ0) is 16.8. The Balaban J connectivity index is 2.04. The van der Waals surface area contributed by atoms with E-state index in [9.17, 15) is 10.1 Å². The van der Waals surface area contributed by atoms with Gasteiger partial charge in [-0.25, -0.2) is 9.97 Å². The minimum absolute atomic E-state index is 0.0527. The molecule has 0 radical (unpaired) electrons. The second-order valence-corrected chi connectivity index (χ2v) is 6.61. The van der Waals surface area contributed by atoms with Crippen molar-refractivity contribution < 1.29 is 4.92 Å². The highest BCUT2D eigenvalue weighted by atomic mass is 32.2. The summed E-state index contributed by atoms with van der Waals surface area (Å²) in [5, 5.41) is 15.8. The summed E-state index contributed by atoms with van der Waals surface area (Å²) in [5.74, 6) is 0.610. The van der Waals surface area contributed by atoms with Gasteiger partial charge in [0.15, 0.2) is 11.0 Å². The van der Waals surface area contributed by atoms with Crippen molar-refractivity contribution >= 4 is 29.5 Å². The predicted octanol–water partition coefficient (Wildman–Crippen LogP) is 3.64. The standard InChI is InChI=1S/C15H17N5O2S/c1-10(2)23-15-17-11(3)8-14(18-15)19-16-9-12-4-6-13(7-5-12)20(21)22/h4-10H,1-3H3,(H,17,18,19)/b16-9-. The van der Waals surface area contributed by atoms with Gasteiger partial charge in [-0.15, -0.1) is 0 Å². The van der Waals surface area contributed by atoms with Gasteiger partial charge in [0.2, 0.25) is 0 Å². The maximum atomic E-state index is 10.6. The maximum Gasteiger partial charge on any atom is 0.269 e. The van der Waals surface area contributed by atoms with E-state index in [1.807, 2.05) is 6.92 Å². The molecule has 23 heavy (non-hydrogen) atoms. The normalized spacial score (nSPS) is 11.1. The van der Waals surface area contributed by atoms with Crippen LogP contribution in [0.3, 0.4) is 0 Å². The van der Waals surface area contributed by atoms with E-state index in [1.54, 1.807) is 36.2 Å². The third kappa shape index (κ3) is 5.33. The molecule has 7 nitrogen and oxygen atoms in total. The second-order valence-electron chi connectivity index (χ2n) is 5.06. The Morgan fingerprint density at radius 1 is 1.30 bits per heavy atom. The van der Waals surface area contributed by atoms with Gasteiger partial charge in [-0.3, -0.25) is 15.5 Å². The molecule has 0 aliphatic heterocycles. The van der Waals surface area contributed by atoms with Crippen LogP contribution in [-0.4, -0.2) is 26.4 Å². The van der Waals surface area contributed by atoms with Gasteiger partial charge in [-0.2, -0.15) is 5.10 Å². The van der Waals surface area contributed by atoms with Crippen molar-refractivity contribution in [2.45, 2.75) is 31.2 Å². The summed E-state index contributed by atoms with van der Waals surface area (Å²) in [5.41, 5.74) is 4.52. The molecule has 120 valence electrons. The monoisotopic (exact) mass is 331 g/mol. The number of thioether (sulfide) groups is 1. The van der Waals surface area contributed by atoms with Gasteiger partial charge in [0.1, 0.15) is 0 Å². The summed E-state index contributed by atoms with van der Waals surface area (Å²) >= 11 is 1.58. The van der Waals surface area contributed by atoms with Crippen molar-refractivity contribution in [1.82, 2.24) is 9.97 Å². The van der Waals surface area contributed by atoms with Gasteiger partial charge < -0.3 is 0 Å². The zero-order valence-corrected chi connectivity index (χ0v) is 13.9. The number of nitro benzene ring substituents is 1. The van der Waals surface area contributed by atoms with Crippen LogP contribution in [-0.2, 0) is 0 Å². The summed E-state index contributed by atoms with van der Waals surface area (Å²) in [6.45, 7) is 6.06. The predicted molar refractivity (Wildman–Crippen MR) is 92.1 cm³/mol. The lowest BCUT2D eigenvalue weighted by Gasteiger charge is -2.06. The number of hydrogen-bond donors (Lipinski definition) is 1. The Kier molecular flexibility index (Phi) is 5.64. The molecular formula is C15H17N5O2S. The lowest BCUT2D eigenvalue weighted by Crippen LogP contribution is -2.00. The van der Waals surface area contributed by atoms with E-state index in [0.29, 0.717) is 16.2 Å². The average Bonchev–Trinajstić information content (AvgIpc) is 2.46. The number of rotatable bonds is 6. The first-order valence-corrected chi connectivity index (χ1v) is 7.88. The smallest absolute Gasteiger partial charge is 0.261 e. The summed E-state index contributed by atoms with van der Waals surface area (Å²) < 4.78 is 0. The number of aryl methyl sites for hydroxylation is 1. The molecule has 2 aromatic rings. The number of nitrogens with one attached hydrogen (secondary N) is 1. The third-order valence-corrected chi connectivity index (χ3v) is 3.54. The molecule has 0 aliphatic carbocycles. The van der Waals surface area contributed by atoms with Crippen LogP contribution < -0.4 is 5.43 Å². The molecule has 0 saturated heterocycles. The summed E-state index contributed by atoms with van der Waals surface area (Å²) in [6.07, 6.45) is 1.58. The molecule has 0 bridgehead atoms. The van der Waals surface area contributed by atoms with E-state index in [4.69, 9.17) is 0 Å². The van der Waals surface area contributed by atoms with Crippen molar-refractivity contribution in [1.29, 1.82) is 0 Å². The molecule has 0 aliphatic rings. The van der Waals surface area contributed by atoms with Crippen LogP contribution in [0.1, 0.15) is 25.1 Å². The molecule has 0 unspecified atom stereocenters. The number of anilines is 1. The lowest BCUT2D eigenvalue weighted by molar-refractivity contribution is -0.384. The molecule has 0 atom stereocenters. The van der Waals surface area contributed by atoms with E-state index in [-0.39, 0.29) is 5.69 Å². The van der Waals surface area contributed by atoms with Crippen molar-refractivity contribution in [3.05, 3.63) is 51.7 Å². The molecule has 2 rings (SSSR count). The van der Waals surface area contributed by atoms with Gasteiger partial charge in [-0.1, -0.05) is 25.6 Å². The number of hydrazone groups is 1. The van der Waals surface area contributed by atoms with E-state index in [1.165, 1.54) is 12.1 Å². The number of non-ortho nitro benzene ring substituents is 1. The molecule has 1 aromatic carbocycles. The number of hydrogen-bond acceptors (Lipinski definition) is 7. The number of benzene rings is 1. The van der Waals surface area contributed by atoms with Crippen LogP contribution in [0.15, 0.2) is 40.6 Å². The summed E-state index contributed by atoms with van der Waals surface area (Å²) in [7, 11) is 0. The molecule has 0 saturated carbocycles. The van der Waals surface area contributed by atoms with Crippen molar-refractivity contribution in [2.24, 2.45) is 5.10 Å². The molecule has 0 amide bonds. The van der Waals surface area contributed by atoms with Crippen molar-refractivity contribution in [2.75, 3.05) is 5.43 Å². The highest BCUT2D eigenvalue weighted by Gasteiger charge is 2.05. The Labute approximate surface area is 138 Å². The van der Waals surface area contributed by atoms with Crippen LogP contribution in [0.25, 0.3) is 0 Å². The number of nitrogens with zero attached hydrogens (tertiary/aromatic N) is 4. The molecule has 1 aromatic heterocycles. The maximum absolute atomic E-state index is 10.6. The highest BCUT2D eigenvalue weighted by molar-refractivity contribution is 7.99. The Bertz CT molecular complexity index is 716. The van der Waals surface area contributed by atoms with Crippen molar-refractivity contribution in [3.63, 3.8) is 0 Å². The van der Waals surface area contributed by atoms with Crippen LogP contribution in [0.4, 0.5) is 11.5 Å². The van der Waals surface area contributed by atoms with Gasteiger partial charge in [0.05, 0.1) is 11.1 Å². The molecular weight excluding hydrogens is 314 g/mol. The van der Waals surface area contributed by atoms with E-state index >= 15 is 0 Å². The molecule has 0 spiro atoms. The molecule has 8 heteroatoms. The minimum Gasteiger partial charge on any atom is -0.261 e. The molecule has 0 fully saturated rings. The van der Waals surface area contributed by atoms with Crippen LogP contribution >= 0.6 is 11.8 Å². The SMILES string of the molecule is Cc1cc(N/N=C\c2ccc([N+](=O)[O-])cc2)nc(SC(C)C)n1. The largest absolute Gasteiger partial charge is 0.269 e. The fraction of sp³-hybridized carbons (Fsp3) is 0.267. The Morgan fingerprint density at radius 2 is 2.00 bits per heavy atom. The Morgan fingerprint density at radius 3 is 2.61 bits per heavy atom. The fourth-order valence-corrected chi connectivity index (χ4v) is 2.49. The summed E-state index contributed by atoms with van der Waals surface area (Å²) in [4.78, 5) is 18.9. The molecule has 1 N–H and O–H groups in total. The highest BCUT2D eigenvalue weighted by Crippen LogP contribution is 2.20. The number of aromatic nitrogens is 2. The number of nitro groups is 1. The van der Waals surface area contributed by atoms with Crippen LogP contribution in [0.5, 0.6) is 0 Å². The van der Waals surface area contributed by atoms with Gasteiger partial charge in [0, 0.05) is 29.1 Å². The van der Waals surface area contributed by atoms with E-state index in [2.05, 4.69) is 34.3 Å². The summed E-state index contributed by atoms with van der Waals surface area (Å²) in [6, 6.07) is 7.95. The minimum atomic E-state index is -0.434. The third-order valence-electron chi connectivity index (χ3n) is 2.67. The first-order chi connectivity index (χ1) is 10.9. The molecule has 1 heterocycles. The van der Waals surface area contributed by atoms with Gasteiger partial charge in [-0.05, 0) is 24.6 Å². The van der Waals surface area contributed by atoms with Gasteiger partial charge in [0.25, 0.3) is 5.69 Å². The first kappa shape index (κ1) is 16.9. The van der Waals surface area contributed by atoms with Gasteiger partial charge >= 0.3 is 0 Å². The van der Waals surface area contributed by atoms with Crippen molar-refractivity contribution in [3.8, 4) is 0 Å². The van der Waals surface area contributed by atoms with E-state index in [0.717, 1.165) is 11.3 Å². The average molecular weight is 331 g/mol. The zero-order valence-electron chi connectivity index (χ0n) is 13.1. The Hall–Kier alpha value is -2.48. The topological polar surface area (TPSA) is 93.3 Å². The second kappa shape index (κ2) is 7.68. The lowest BCUT2D eigenvalue weighted by atomic mass is 10.2. The van der Waals surface area contributed by atoms with Crippen LogP contribution in [0, 0.1) is 17.0 Å². The van der Waals surface area contributed by atoms with Crippen LogP contribution in [0.2, 0.25) is 0 Å². The quantitative estimate of drug-likeness (QED) is 0.285. The first-order valence-electron chi connectivity index (χ1n) is 7.00. The van der Waals surface area contributed by atoms with E-state index < -0.39 is 4.92 Å².